The zero-order chi connectivity index (χ0) is 23.2. The van der Waals surface area contributed by atoms with Crippen molar-refractivity contribution in [1.29, 1.82) is 0 Å². The fourth-order valence-electron chi connectivity index (χ4n) is 4.70. The second kappa shape index (κ2) is 10.8. The van der Waals surface area contributed by atoms with Crippen LogP contribution < -0.4 is 10.2 Å². The van der Waals surface area contributed by atoms with Crippen molar-refractivity contribution in [3.63, 3.8) is 0 Å². The van der Waals surface area contributed by atoms with Gasteiger partial charge in [0.2, 0.25) is 11.9 Å². The molecule has 3 aromatic rings. The standard InChI is InChI=1S/C27H37N5O/c1-4-30(5-2)19-16-28-26(33)23-14-17-31(18-15-23)27-29-24-8-6-7-9-25(24)32(27)20-22-12-10-21(3)11-13-22/h6-13,23H,4-5,14-20H2,1-3H3,(H,28,33). The molecule has 1 saturated heterocycles. The number of carbonyl (C=O) groups excluding carboxylic acids is 1. The number of anilines is 1. The lowest BCUT2D eigenvalue weighted by Crippen LogP contribution is -2.43. The van der Waals surface area contributed by atoms with Crippen LogP contribution in [0.3, 0.4) is 0 Å². The second-order valence-corrected chi connectivity index (χ2v) is 9.05. The van der Waals surface area contributed by atoms with Crippen molar-refractivity contribution in [3.8, 4) is 0 Å². The van der Waals surface area contributed by atoms with E-state index in [4.69, 9.17) is 4.98 Å². The van der Waals surface area contributed by atoms with Crippen molar-refractivity contribution >= 4 is 22.9 Å². The molecule has 1 N–H and O–H groups in total. The summed E-state index contributed by atoms with van der Waals surface area (Å²) in [5, 5.41) is 3.16. The first kappa shape index (κ1) is 23.3. The molecule has 1 aliphatic rings. The van der Waals surface area contributed by atoms with Gasteiger partial charge in [-0.1, -0.05) is 55.8 Å². The van der Waals surface area contributed by atoms with E-state index in [1.165, 1.54) is 11.1 Å². The van der Waals surface area contributed by atoms with Crippen LogP contribution in [-0.2, 0) is 11.3 Å². The van der Waals surface area contributed by atoms with Crippen molar-refractivity contribution in [2.24, 2.45) is 5.92 Å². The molecular weight excluding hydrogens is 410 g/mol. The van der Waals surface area contributed by atoms with Crippen LogP contribution in [0.1, 0.15) is 37.8 Å². The Morgan fingerprint density at radius 2 is 1.76 bits per heavy atom. The molecule has 1 aliphatic heterocycles. The largest absolute Gasteiger partial charge is 0.355 e. The quantitative estimate of drug-likeness (QED) is 0.537. The Balaban J connectivity index is 1.42. The molecule has 0 saturated carbocycles. The van der Waals surface area contributed by atoms with Crippen LogP contribution in [0.5, 0.6) is 0 Å². The number of hydrogen-bond acceptors (Lipinski definition) is 4. The first-order valence-electron chi connectivity index (χ1n) is 12.3. The SMILES string of the molecule is CCN(CC)CCNC(=O)C1CCN(c2nc3ccccc3n2Cc2ccc(C)cc2)CC1. The zero-order valence-corrected chi connectivity index (χ0v) is 20.3. The number of benzene rings is 2. The number of hydrogen-bond donors (Lipinski definition) is 1. The van der Waals surface area contributed by atoms with E-state index in [9.17, 15) is 4.79 Å². The molecule has 0 bridgehead atoms. The number of carbonyl (C=O) groups is 1. The summed E-state index contributed by atoms with van der Waals surface area (Å²) >= 11 is 0. The van der Waals surface area contributed by atoms with Crippen LogP contribution in [0.2, 0.25) is 0 Å². The molecule has 1 fully saturated rings. The number of nitrogens with one attached hydrogen (secondary N) is 1. The highest BCUT2D eigenvalue weighted by molar-refractivity contribution is 5.80. The van der Waals surface area contributed by atoms with Crippen molar-refractivity contribution < 1.29 is 4.79 Å². The van der Waals surface area contributed by atoms with Gasteiger partial charge < -0.3 is 19.7 Å². The summed E-state index contributed by atoms with van der Waals surface area (Å²) in [6, 6.07) is 17.1. The van der Waals surface area contributed by atoms with E-state index in [0.717, 1.165) is 75.6 Å². The average molecular weight is 448 g/mol. The maximum atomic E-state index is 12.7. The minimum atomic E-state index is 0.0906. The Morgan fingerprint density at radius 1 is 1.06 bits per heavy atom. The van der Waals surface area contributed by atoms with Crippen LogP contribution in [0.4, 0.5) is 5.95 Å². The number of likely N-dealkylation sites (N-methyl/N-ethyl adjacent to an activating group) is 1. The van der Waals surface area contributed by atoms with E-state index in [0.29, 0.717) is 0 Å². The molecule has 1 aromatic heterocycles. The van der Waals surface area contributed by atoms with E-state index in [-0.39, 0.29) is 11.8 Å². The predicted octanol–water partition coefficient (Wildman–Crippen LogP) is 4.07. The summed E-state index contributed by atoms with van der Waals surface area (Å²) in [4.78, 5) is 22.4. The minimum absolute atomic E-state index is 0.0906. The summed E-state index contributed by atoms with van der Waals surface area (Å²) in [5.41, 5.74) is 4.72. The van der Waals surface area contributed by atoms with Gasteiger partial charge in [-0.15, -0.1) is 0 Å². The molecule has 4 rings (SSSR count). The zero-order valence-electron chi connectivity index (χ0n) is 20.3. The van der Waals surface area contributed by atoms with Gasteiger partial charge in [0.1, 0.15) is 0 Å². The number of aromatic nitrogens is 2. The highest BCUT2D eigenvalue weighted by Gasteiger charge is 2.27. The molecule has 0 aliphatic carbocycles. The van der Waals surface area contributed by atoms with Gasteiger partial charge >= 0.3 is 0 Å². The van der Waals surface area contributed by atoms with Gasteiger partial charge in [0.25, 0.3) is 0 Å². The number of para-hydroxylation sites is 2. The topological polar surface area (TPSA) is 53.4 Å². The monoisotopic (exact) mass is 447 g/mol. The summed E-state index contributed by atoms with van der Waals surface area (Å²) in [5.74, 6) is 1.31. The van der Waals surface area contributed by atoms with Crippen molar-refractivity contribution in [3.05, 3.63) is 59.7 Å². The van der Waals surface area contributed by atoms with E-state index in [1.807, 2.05) is 6.07 Å². The molecule has 0 atom stereocenters. The van der Waals surface area contributed by atoms with Crippen molar-refractivity contribution in [2.75, 3.05) is 44.2 Å². The first-order valence-corrected chi connectivity index (χ1v) is 12.3. The van der Waals surface area contributed by atoms with Crippen molar-refractivity contribution in [1.82, 2.24) is 19.8 Å². The highest BCUT2D eigenvalue weighted by Crippen LogP contribution is 2.28. The van der Waals surface area contributed by atoms with E-state index in [2.05, 4.69) is 82.9 Å². The average Bonchev–Trinajstić information content (AvgIpc) is 3.21. The van der Waals surface area contributed by atoms with Crippen LogP contribution in [0.25, 0.3) is 11.0 Å². The van der Waals surface area contributed by atoms with Crippen molar-refractivity contribution in [2.45, 2.75) is 40.2 Å². The van der Waals surface area contributed by atoms with Crippen LogP contribution in [0.15, 0.2) is 48.5 Å². The van der Waals surface area contributed by atoms with E-state index >= 15 is 0 Å². The molecule has 1 amide bonds. The third-order valence-corrected chi connectivity index (χ3v) is 6.87. The lowest BCUT2D eigenvalue weighted by Gasteiger charge is -2.32. The Hall–Kier alpha value is -2.86. The lowest BCUT2D eigenvalue weighted by molar-refractivity contribution is -0.125. The molecule has 33 heavy (non-hydrogen) atoms. The number of rotatable bonds is 9. The van der Waals surface area contributed by atoms with E-state index < -0.39 is 0 Å². The fourth-order valence-corrected chi connectivity index (χ4v) is 4.70. The highest BCUT2D eigenvalue weighted by atomic mass is 16.1. The Kier molecular flexibility index (Phi) is 7.65. The molecule has 2 heterocycles. The van der Waals surface area contributed by atoms with Gasteiger partial charge in [-0.2, -0.15) is 0 Å². The van der Waals surface area contributed by atoms with Gasteiger partial charge in [0, 0.05) is 32.1 Å². The van der Waals surface area contributed by atoms with Crippen LogP contribution in [-0.4, -0.2) is 59.6 Å². The molecule has 0 unspecified atom stereocenters. The number of imidazole rings is 1. The lowest BCUT2D eigenvalue weighted by atomic mass is 9.96. The molecular formula is C27H37N5O. The minimum Gasteiger partial charge on any atom is -0.355 e. The maximum absolute atomic E-state index is 12.7. The number of piperidine rings is 1. The van der Waals surface area contributed by atoms with Gasteiger partial charge in [-0.05, 0) is 50.6 Å². The normalized spacial score (nSPS) is 14.8. The molecule has 176 valence electrons. The van der Waals surface area contributed by atoms with Crippen LogP contribution in [0, 0.1) is 12.8 Å². The Morgan fingerprint density at radius 3 is 2.45 bits per heavy atom. The van der Waals surface area contributed by atoms with Gasteiger partial charge in [0.05, 0.1) is 17.6 Å². The Labute approximate surface area is 197 Å². The van der Waals surface area contributed by atoms with E-state index in [1.54, 1.807) is 0 Å². The second-order valence-electron chi connectivity index (χ2n) is 9.05. The number of nitrogens with zero attached hydrogens (tertiary/aromatic N) is 4. The number of amides is 1. The predicted molar refractivity (Wildman–Crippen MR) is 136 cm³/mol. The third kappa shape index (κ3) is 5.56. The van der Waals surface area contributed by atoms with Crippen LogP contribution >= 0.6 is 0 Å². The van der Waals surface area contributed by atoms with Gasteiger partial charge in [-0.25, -0.2) is 4.98 Å². The van der Waals surface area contributed by atoms with Gasteiger partial charge in [0.15, 0.2) is 0 Å². The molecule has 6 heteroatoms. The molecule has 6 nitrogen and oxygen atoms in total. The number of aryl methyl sites for hydroxylation is 1. The Bertz CT molecular complexity index is 1050. The summed E-state index contributed by atoms with van der Waals surface area (Å²) in [7, 11) is 0. The summed E-state index contributed by atoms with van der Waals surface area (Å²) < 4.78 is 2.32. The number of fused-ring (bicyclic) bond motifs is 1. The summed E-state index contributed by atoms with van der Waals surface area (Å²) in [6.45, 7) is 12.6. The molecule has 0 radical (unpaired) electrons. The third-order valence-electron chi connectivity index (χ3n) is 6.87. The molecule has 0 spiro atoms. The first-order chi connectivity index (χ1) is 16.1. The smallest absolute Gasteiger partial charge is 0.223 e. The van der Waals surface area contributed by atoms with Gasteiger partial charge in [-0.3, -0.25) is 4.79 Å². The fraction of sp³-hybridized carbons (Fsp3) is 0.481. The molecule has 2 aromatic carbocycles. The summed E-state index contributed by atoms with van der Waals surface area (Å²) in [6.07, 6.45) is 1.73. The maximum Gasteiger partial charge on any atom is 0.223 e.